The van der Waals surface area contributed by atoms with Crippen molar-refractivity contribution in [2.45, 2.75) is 12.3 Å². The molecular weight excluding hydrogens is 280 g/mol. The average molecular weight is 296 g/mol. The van der Waals surface area contributed by atoms with Crippen LogP contribution in [0.3, 0.4) is 0 Å². The lowest BCUT2D eigenvalue weighted by molar-refractivity contribution is -0.122. The van der Waals surface area contributed by atoms with Crippen LogP contribution in [-0.4, -0.2) is 17.3 Å². The number of carbonyl (C=O) groups is 1. The summed E-state index contributed by atoms with van der Waals surface area (Å²) in [5.41, 5.74) is 2.30. The summed E-state index contributed by atoms with van der Waals surface area (Å²) in [6, 6.07) is 16.2. The molecule has 4 rings (SSSR count). The van der Waals surface area contributed by atoms with Crippen molar-refractivity contribution in [3.8, 4) is 11.5 Å². The van der Waals surface area contributed by atoms with E-state index in [1.165, 1.54) is 0 Å². The molecule has 2 heterocycles. The molecule has 0 amide bonds. The number of benzene rings is 2. The topological polar surface area (TPSA) is 26.3 Å². The zero-order chi connectivity index (χ0) is 14.2. The van der Waals surface area contributed by atoms with Crippen molar-refractivity contribution >= 4 is 17.5 Å². The molecule has 0 N–H and O–H groups in total. The van der Waals surface area contributed by atoms with E-state index in [-0.39, 0.29) is 11.8 Å². The number of Topliss-reactive ketones (excluding diaryl/α,β-unsaturated/α-hetero) is 1. The lowest BCUT2D eigenvalue weighted by Crippen LogP contribution is -2.30. The van der Waals surface area contributed by atoms with Crippen LogP contribution in [0.1, 0.15) is 23.5 Å². The minimum atomic E-state index is 0.0648. The Balaban J connectivity index is 1.87. The normalized spacial score (nSPS) is 21.3. The standard InChI is InChI=1S/C18H16O2S/c19-15-9-10-21-11-14(15)18-12-5-1-3-7-16(12)20-17-8-4-2-6-13(17)18/h1-8,14,18H,9-11H2. The largest absolute Gasteiger partial charge is 0.457 e. The van der Waals surface area contributed by atoms with Gasteiger partial charge >= 0.3 is 0 Å². The van der Waals surface area contributed by atoms with Crippen LogP contribution in [0.2, 0.25) is 0 Å². The summed E-state index contributed by atoms with van der Waals surface area (Å²) < 4.78 is 6.02. The Morgan fingerprint density at radius 1 is 0.952 bits per heavy atom. The van der Waals surface area contributed by atoms with Crippen molar-refractivity contribution in [3.63, 3.8) is 0 Å². The Morgan fingerprint density at radius 3 is 2.19 bits per heavy atom. The van der Waals surface area contributed by atoms with Crippen LogP contribution in [0.5, 0.6) is 11.5 Å². The number of hydrogen-bond donors (Lipinski definition) is 0. The SMILES string of the molecule is O=C1CCSCC1C1c2ccccc2Oc2ccccc21. The van der Waals surface area contributed by atoms with E-state index in [1.54, 1.807) is 0 Å². The molecule has 0 saturated carbocycles. The molecule has 0 spiro atoms. The van der Waals surface area contributed by atoms with E-state index < -0.39 is 0 Å². The van der Waals surface area contributed by atoms with E-state index in [0.717, 1.165) is 34.1 Å². The van der Waals surface area contributed by atoms with Crippen LogP contribution >= 0.6 is 11.8 Å². The molecule has 1 saturated heterocycles. The molecule has 0 aromatic heterocycles. The Kier molecular flexibility index (Phi) is 3.23. The number of fused-ring (bicyclic) bond motifs is 2. The van der Waals surface area contributed by atoms with Gasteiger partial charge in [-0.15, -0.1) is 0 Å². The second-order valence-electron chi connectivity index (χ2n) is 5.55. The van der Waals surface area contributed by atoms with Gasteiger partial charge in [-0.3, -0.25) is 4.79 Å². The van der Waals surface area contributed by atoms with Crippen LogP contribution in [0.25, 0.3) is 0 Å². The van der Waals surface area contributed by atoms with Gasteiger partial charge in [-0.1, -0.05) is 36.4 Å². The highest BCUT2D eigenvalue weighted by Gasteiger charge is 2.37. The lowest BCUT2D eigenvalue weighted by atomic mass is 9.77. The number of thioether (sulfide) groups is 1. The van der Waals surface area contributed by atoms with Crippen LogP contribution in [0, 0.1) is 5.92 Å². The fraction of sp³-hybridized carbons (Fsp3) is 0.278. The zero-order valence-corrected chi connectivity index (χ0v) is 12.4. The molecule has 106 valence electrons. The minimum absolute atomic E-state index is 0.0648. The lowest BCUT2D eigenvalue weighted by Gasteiger charge is -2.34. The van der Waals surface area contributed by atoms with Crippen LogP contribution in [0.15, 0.2) is 48.5 Å². The first-order valence-corrected chi connectivity index (χ1v) is 8.46. The number of rotatable bonds is 1. The minimum Gasteiger partial charge on any atom is -0.457 e. The third kappa shape index (κ3) is 2.16. The predicted molar refractivity (Wildman–Crippen MR) is 85.2 cm³/mol. The van der Waals surface area contributed by atoms with Gasteiger partial charge in [0.1, 0.15) is 17.3 Å². The summed E-state index contributed by atoms with van der Waals surface area (Å²) in [7, 11) is 0. The van der Waals surface area contributed by atoms with Crippen molar-refractivity contribution < 1.29 is 9.53 Å². The van der Waals surface area contributed by atoms with E-state index in [1.807, 2.05) is 48.2 Å². The summed E-state index contributed by atoms with van der Waals surface area (Å²) in [5, 5.41) is 0. The maximum atomic E-state index is 12.5. The maximum Gasteiger partial charge on any atom is 0.138 e. The second kappa shape index (κ2) is 5.23. The molecule has 0 aliphatic carbocycles. The highest BCUT2D eigenvalue weighted by molar-refractivity contribution is 7.99. The predicted octanol–water partition coefficient (Wildman–Crippen LogP) is 4.25. The number of ketones is 1. The van der Waals surface area contributed by atoms with Crippen LogP contribution < -0.4 is 4.74 Å². The first-order chi connectivity index (χ1) is 10.3. The summed E-state index contributed by atoms with van der Waals surface area (Å²) in [5.74, 6) is 4.24. The fourth-order valence-corrected chi connectivity index (χ4v) is 4.47. The first-order valence-electron chi connectivity index (χ1n) is 7.31. The second-order valence-corrected chi connectivity index (χ2v) is 6.70. The maximum absolute atomic E-state index is 12.5. The molecule has 2 aliphatic heterocycles. The molecule has 1 unspecified atom stereocenters. The monoisotopic (exact) mass is 296 g/mol. The van der Waals surface area contributed by atoms with Gasteiger partial charge in [0.25, 0.3) is 0 Å². The quantitative estimate of drug-likeness (QED) is 0.787. The highest BCUT2D eigenvalue weighted by Crippen LogP contribution is 2.49. The molecule has 2 aliphatic rings. The Bertz CT molecular complexity index is 650. The van der Waals surface area contributed by atoms with Crippen molar-refractivity contribution in [2.75, 3.05) is 11.5 Å². The zero-order valence-electron chi connectivity index (χ0n) is 11.6. The van der Waals surface area contributed by atoms with Gasteiger partial charge in [0.2, 0.25) is 0 Å². The summed E-state index contributed by atoms with van der Waals surface area (Å²) in [6.07, 6.45) is 0.691. The molecule has 1 fully saturated rings. The third-order valence-electron chi connectivity index (χ3n) is 4.33. The highest BCUT2D eigenvalue weighted by atomic mass is 32.2. The number of carbonyl (C=O) groups excluding carboxylic acids is 1. The van der Waals surface area contributed by atoms with E-state index in [2.05, 4.69) is 12.1 Å². The van der Waals surface area contributed by atoms with Gasteiger partial charge in [-0.05, 0) is 12.1 Å². The molecule has 2 aromatic rings. The molecule has 2 nitrogen and oxygen atoms in total. The summed E-state index contributed by atoms with van der Waals surface area (Å²) in [6.45, 7) is 0. The van der Waals surface area contributed by atoms with E-state index in [4.69, 9.17) is 4.74 Å². The molecule has 2 aromatic carbocycles. The van der Waals surface area contributed by atoms with Gasteiger partial charge in [-0.2, -0.15) is 11.8 Å². The molecule has 21 heavy (non-hydrogen) atoms. The van der Waals surface area contributed by atoms with Crippen LogP contribution in [0.4, 0.5) is 0 Å². The van der Waals surface area contributed by atoms with Gasteiger partial charge in [0, 0.05) is 40.9 Å². The first kappa shape index (κ1) is 13.0. The number of hydrogen-bond acceptors (Lipinski definition) is 3. The fourth-order valence-electron chi connectivity index (χ4n) is 3.32. The third-order valence-corrected chi connectivity index (χ3v) is 5.42. The van der Waals surface area contributed by atoms with Crippen molar-refractivity contribution in [1.29, 1.82) is 0 Å². The van der Waals surface area contributed by atoms with Gasteiger partial charge in [-0.25, -0.2) is 0 Å². The van der Waals surface area contributed by atoms with Crippen molar-refractivity contribution in [2.24, 2.45) is 5.92 Å². The van der Waals surface area contributed by atoms with Gasteiger partial charge < -0.3 is 4.74 Å². The Morgan fingerprint density at radius 2 is 1.57 bits per heavy atom. The Labute approximate surface area is 128 Å². The van der Waals surface area contributed by atoms with E-state index in [9.17, 15) is 4.79 Å². The molecule has 0 bridgehead atoms. The van der Waals surface area contributed by atoms with E-state index in [0.29, 0.717) is 12.2 Å². The Hall–Kier alpha value is -1.74. The molecule has 1 atom stereocenters. The smallest absolute Gasteiger partial charge is 0.138 e. The molecule has 3 heteroatoms. The van der Waals surface area contributed by atoms with Crippen molar-refractivity contribution in [3.05, 3.63) is 59.7 Å². The summed E-state index contributed by atoms with van der Waals surface area (Å²) >= 11 is 1.89. The average Bonchev–Trinajstić information content (AvgIpc) is 2.53. The molecular formula is C18H16O2S. The van der Waals surface area contributed by atoms with E-state index >= 15 is 0 Å². The summed E-state index contributed by atoms with van der Waals surface area (Å²) in [4.78, 5) is 12.5. The van der Waals surface area contributed by atoms with Gasteiger partial charge in [0.05, 0.1) is 0 Å². The number of para-hydroxylation sites is 2. The van der Waals surface area contributed by atoms with Crippen molar-refractivity contribution in [1.82, 2.24) is 0 Å². The molecule has 0 radical (unpaired) electrons. The van der Waals surface area contributed by atoms with Crippen LogP contribution in [-0.2, 0) is 4.79 Å². The number of ether oxygens (including phenoxy) is 1. The van der Waals surface area contributed by atoms with Gasteiger partial charge in [0.15, 0.2) is 0 Å².